The second kappa shape index (κ2) is 11.0. The first-order chi connectivity index (χ1) is 13.8. The lowest BCUT2D eigenvalue weighted by atomic mass is 9.96. The summed E-state index contributed by atoms with van der Waals surface area (Å²) < 4.78 is 31.3. The molecule has 7 heteroatoms. The largest absolute Gasteiger partial charge is 0.381 e. The van der Waals surface area contributed by atoms with Crippen LogP contribution in [-0.2, 0) is 14.6 Å². The van der Waals surface area contributed by atoms with E-state index in [1.165, 1.54) is 0 Å². The quantitative estimate of drug-likeness (QED) is 0.514. The number of sulfone groups is 1. The number of aliphatic imine (C=N–C) groups is 1. The first-order valence-corrected chi connectivity index (χ1v) is 12.2. The number of nitrogens with zero attached hydrogens (tertiary/aromatic N) is 2. The lowest BCUT2D eigenvalue weighted by molar-refractivity contribution is 0.0625. The molecule has 0 saturated carbocycles. The molecule has 29 heavy (non-hydrogen) atoms. The lowest BCUT2D eigenvalue weighted by Crippen LogP contribution is -2.47. The van der Waals surface area contributed by atoms with Crippen LogP contribution < -0.4 is 5.32 Å². The van der Waals surface area contributed by atoms with E-state index in [4.69, 9.17) is 4.74 Å². The molecule has 1 unspecified atom stereocenters. The average Bonchev–Trinajstić information content (AvgIpc) is 2.71. The van der Waals surface area contributed by atoms with Gasteiger partial charge in [-0.25, -0.2) is 8.42 Å². The fourth-order valence-corrected chi connectivity index (χ4v) is 5.25. The average molecular weight is 424 g/mol. The van der Waals surface area contributed by atoms with Gasteiger partial charge in [-0.1, -0.05) is 13.0 Å². The fraction of sp³-hybridized carbons (Fsp3) is 0.682. The molecule has 1 aromatic rings. The fourth-order valence-electron chi connectivity index (χ4n) is 3.58. The minimum atomic E-state index is -3.37. The molecule has 6 nitrogen and oxygen atoms in total. The van der Waals surface area contributed by atoms with Gasteiger partial charge in [0.15, 0.2) is 15.8 Å². The van der Waals surface area contributed by atoms with Crippen LogP contribution in [0.1, 0.15) is 43.7 Å². The standard InChI is InChI=1S/C22H37N3O3S/c1-6-20(16-29(26,27)21-8-7-17(2)18(3)15-21)24-22(23-4)25(5)12-9-19-10-13-28-14-11-19/h7-8,15,19-20H,6,9-14,16H2,1-5H3,(H,23,24). The molecule has 1 aliphatic rings. The Morgan fingerprint density at radius 3 is 2.55 bits per heavy atom. The third-order valence-electron chi connectivity index (χ3n) is 5.87. The first-order valence-electron chi connectivity index (χ1n) is 10.6. The van der Waals surface area contributed by atoms with E-state index in [9.17, 15) is 8.42 Å². The second-order valence-electron chi connectivity index (χ2n) is 8.09. The van der Waals surface area contributed by atoms with Gasteiger partial charge in [0.2, 0.25) is 0 Å². The molecule has 1 heterocycles. The molecule has 1 fully saturated rings. The molecule has 1 aliphatic heterocycles. The molecule has 1 N–H and O–H groups in total. The molecular weight excluding hydrogens is 386 g/mol. The topological polar surface area (TPSA) is 71.0 Å². The van der Waals surface area contributed by atoms with Crippen molar-refractivity contribution < 1.29 is 13.2 Å². The molecule has 0 amide bonds. The summed E-state index contributed by atoms with van der Waals surface area (Å²) in [7, 11) is 0.391. The van der Waals surface area contributed by atoms with Crippen LogP contribution in [0.3, 0.4) is 0 Å². The van der Waals surface area contributed by atoms with Crippen LogP contribution in [0.15, 0.2) is 28.1 Å². The van der Waals surface area contributed by atoms with Crippen LogP contribution in [0, 0.1) is 19.8 Å². The van der Waals surface area contributed by atoms with Gasteiger partial charge in [0.1, 0.15) is 0 Å². The highest BCUT2D eigenvalue weighted by Crippen LogP contribution is 2.19. The van der Waals surface area contributed by atoms with Crippen LogP contribution in [0.5, 0.6) is 0 Å². The SMILES string of the molecule is CCC(CS(=O)(=O)c1ccc(C)c(C)c1)NC(=NC)N(C)CCC1CCOCC1. The highest BCUT2D eigenvalue weighted by molar-refractivity contribution is 7.91. The maximum absolute atomic E-state index is 12.9. The molecule has 0 bridgehead atoms. The van der Waals surface area contributed by atoms with Crippen LogP contribution in [-0.4, -0.2) is 64.9 Å². The zero-order valence-electron chi connectivity index (χ0n) is 18.6. The summed E-state index contributed by atoms with van der Waals surface area (Å²) in [6.07, 6.45) is 4.03. The highest BCUT2D eigenvalue weighted by atomic mass is 32.2. The van der Waals surface area contributed by atoms with Gasteiger partial charge in [0.05, 0.1) is 10.6 Å². The molecular formula is C22H37N3O3S. The Morgan fingerprint density at radius 1 is 1.28 bits per heavy atom. The van der Waals surface area contributed by atoms with Gasteiger partial charge in [-0.2, -0.15) is 0 Å². The van der Waals surface area contributed by atoms with Gasteiger partial charge in [-0.3, -0.25) is 4.99 Å². The van der Waals surface area contributed by atoms with Gasteiger partial charge < -0.3 is 15.0 Å². The van der Waals surface area contributed by atoms with Crippen molar-refractivity contribution in [1.82, 2.24) is 10.2 Å². The minimum absolute atomic E-state index is 0.0544. The molecule has 1 atom stereocenters. The van der Waals surface area contributed by atoms with E-state index in [1.807, 2.05) is 33.9 Å². The number of rotatable bonds is 8. The third-order valence-corrected chi connectivity index (χ3v) is 7.68. The summed E-state index contributed by atoms with van der Waals surface area (Å²) in [5, 5.41) is 3.36. The van der Waals surface area contributed by atoms with Crippen molar-refractivity contribution in [3.63, 3.8) is 0 Å². The molecule has 0 radical (unpaired) electrons. The van der Waals surface area contributed by atoms with Crippen molar-refractivity contribution in [1.29, 1.82) is 0 Å². The van der Waals surface area contributed by atoms with Crippen LogP contribution >= 0.6 is 0 Å². The summed E-state index contributed by atoms with van der Waals surface area (Å²) in [6.45, 7) is 8.54. The Hall–Kier alpha value is -1.60. The Labute approximate surface area is 176 Å². The summed E-state index contributed by atoms with van der Waals surface area (Å²) in [4.78, 5) is 6.87. The van der Waals surface area contributed by atoms with E-state index >= 15 is 0 Å². The van der Waals surface area contributed by atoms with E-state index in [0.717, 1.165) is 56.1 Å². The van der Waals surface area contributed by atoms with Gasteiger partial charge in [0, 0.05) is 39.9 Å². The predicted octanol–water partition coefficient (Wildman–Crippen LogP) is 3.18. The van der Waals surface area contributed by atoms with Gasteiger partial charge in [0.25, 0.3) is 0 Å². The van der Waals surface area contributed by atoms with E-state index in [-0.39, 0.29) is 11.8 Å². The van der Waals surface area contributed by atoms with E-state index in [1.54, 1.807) is 19.2 Å². The van der Waals surface area contributed by atoms with Gasteiger partial charge >= 0.3 is 0 Å². The summed E-state index contributed by atoms with van der Waals surface area (Å²) >= 11 is 0. The maximum Gasteiger partial charge on any atom is 0.193 e. The number of hydrogen-bond acceptors (Lipinski definition) is 4. The van der Waals surface area contributed by atoms with Crippen molar-refractivity contribution >= 4 is 15.8 Å². The van der Waals surface area contributed by atoms with E-state index in [2.05, 4.69) is 15.2 Å². The number of hydrogen-bond donors (Lipinski definition) is 1. The molecule has 1 saturated heterocycles. The van der Waals surface area contributed by atoms with Gasteiger partial charge in [-0.05, 0) is 68.7 Å². The summed E-state index contributed by atoms with van der Waals surface area (Å²) in [5.74, 6) is 1.49. The number of nitrogens with one attached hydrogen (secondary N) is 1. The maximum atomic E-state index is 12.9. The Balaban J connectivity index is 1.97. The monoisotopic (exact) mass is 423 g/mol. The first kappa shape index (κ1) is 23.7. The van der Waals surface area contributed by atoms with Crippen LogP contribution in [0.4, 0.5) is 0 Å². The zero-order chi connectivity index (χ0) is 21.4. The number of ether oxygens (including phenoxy) is 1. The predicted molar refractivity (Wildman–Crippen MR) is 119 cm³/mol. The third kappa shape index (κ3) is 7.00. The smallest absolute Gasteiger partial charge is 0.193 e. The highest BCUT2D eigenvalue weighted by Gasteiger charge is 2.23. The normalized spacial score (nSPS) is 17.2. The van der Waals surface area contributed by atoms with Crippen LogP contribution in [0.25, 0.3) is 0 Å². The van der Waals surface area contributed by atoms with Crippen molar-refractivity contribution in [3.05, 3.63) is 29.3 Å². The van der Waals surface area contributed by atoms with E-state index in [0.29, 0.717) is 17.2 Å². The molecule has 164 valence electrons. The van der Waals surface area contributed by atoms with Gasteiger partial charge in [-0.15, -0.1) is 0 Å². The van der Waals surface area contributed by atoms with E-state index < -0.39 is 9.84 Å². The van der Waals surface area contributed by atoms with Crippen molar-refractivity contribution in [3.8, 4) is 0 Å². The molecule has 0 spiro atoms. The van der Waals surface area contributed by atoms with Crippen molar-refractivity contribution in [2.24, 2.45) is 10.9 Å². The Morgan fingerprint density at radius 2 is 1.97 bits per heavy atom. The Kier molecular flexibility index (Phi) is 8.96. The Bertz CT molecular complexity index is 786. The lowest BCUT2D eigenvalue weighted by Gasteiger charge is -2.29. The second-order valence-corrected chi connectivity index (χ2v) is 10.1. The molecule has 1 aromatic carbocycles. The molecule has 2 rings (SSSR count). The number of benzene rings is 1. The molecule has 0 aliphatic carbocycles. The van der Waals surface area contributed by atoms with Crippen molar-refractivity contribution in [2.75, 3.05) is 39.6 Å². The number of aryl methyl sites for hydroxylation is 2. The zero-order valence-corrected chi connectivity index (χ0v) is 19.4. The number of guanidine groups is 1. The minimum Gasteiger partial charge on any atom is -0.381 e. The summed E-state index contributed by atoms with van der Waals surface area (Å²) in [6, 6.07) is 5.16. The summed E-state index contributed by atoms with van der Waals surface area (Å²) in [5.41, 5.74) is 2.09. The molecule has 0 aromatic heterocycles. The van der Waals surface area contributed by atoms with Crippen LogP contribution in [0.2, 0.25) is 0 Å². The van der Waals surface area contributed by atoms with Crippen molar-refractivity contribution in [2.45, 2.75) is 57.4 Å².